The van der Waals surface area contributed by atoms with Crippen LogP contribution in [0.5, 0.6) is 0 Å². The fourth-order valence-electron chi connectivity index (χ4n) is 0.913. The quantitative estimate of drug-likeness (QED) is 0.740. The van der Waals surface area contributed by atoms with Gasteiger partial charge in [-0.25, -0.2) is 4.98 Å². The van der Waals surface area contributed by atoms with Crippen molar-refractivity contribution in [1.29, 1.82) is 0 Å². The summed E-state index contributed by atoms with van der Waals surface area (Å²) in [6.07, 6.45) is 1.91. The molecule has 13 heavy (non-hydrogen) atoms. The lowest BCUT2D eigenvalue weighted by Gasteiger charge is -2.05. The molecule has 0 aliphatic heterocycles. The molecule has 2 N–H and O–H groups in total. The zero-order valence-corrected chi connectivity index (χ0v) is 8.43. The summed E-state index contributed by atoms with van der Waals surface area (Å²) >= 11 is 1.50. The van der Waals surface area contributed by atoms with Crippen LogP contribution in [0.3, 0.4) is 0 Å². The molecule has 0 saturated heterocycles. The van der Waals surface area contributed by atoms with Gasteiger partial charge in [0.2, 0.25) is 0 Å². The highest BCUT2D eigenvalue weighted by atomic mass is 32.1. The molecule has 1 unspecified atom stereocenters. The molecule has 1 atom stereocenters. The van der Waals surface area contributed by atoms with Gasteiger partial charge in [-0.05, 0) is 6.92 Å². The predicted molar refractivity (Wildman–Crippen MR) is 50.4 cm³/mol. The minimum Gasteiger partial charge on any atom is -0.469 e. The fourth-order valence-corrected chi connectivity index (χ4v) is 1.70. The molecule has 72 valence electrons. The van der Waals surface area contributed by atoms with Gasteiger partial charge >= 0.3 is 5.97 Å². The first-order chi connectivity index (χ1) is 6.13. The number of thiazole rings is 1. The van der Waals surface area contributed by atoms with Crippen molar-refractivity contribution in [2.75, 3.05) is 7.11 Å². The van der Waals surface area contributed by atoms with Gasteiger partial charge in [0.25, 0.3) is 0 Å². The number of nitrogens with zero attached hydrogens (tertiary/aromatic N) is 1. The largest absolute Gasteiger partial charge is 0.469 e. The van der Waals surface area contributed by atoms with E-state index in [1.54, 1.807) is 6.20 Å². The summed E-state index contributed by atoms with van der Waals surface area (Å²) in [6.45, 7) is 1.90. The molecule has 1 heterocycles. The van der Waals surface area contributed by atoms with E-state index in [2.05, 4.69) is 9.72 Å². The van der Waals surface area contributed by atoms with Crippen molar-refractivity contribution in [1.82, 2.24) is 4.98 Å². The van der Waals surface area contributed by atoms with Gasteiger partial charge in [-0.3, -0.25) is 4.79 Å². The summed E-state index contributed by atoms with van der Waals surface area (Å²) in [6, 6.07) is -0.293. The highest BCUT2D eigenvalue weighted by Crippen LogP contribution is 2.20. The summed E-state index contributed by atoms with van der Waals surface area (Å²) in [5, 5.41) is 0.954. The Balaban J connectivity index is 2.58. The first-order valence-corrected chi connectivity index (χ1v) is 4.70. The predicted octanol–water partition coefficient (Wildman–Crippen LogP) is 1.01. The zero-order chi connectivity index (χ0) is 9.84. The van der Waals surface area contributed by atoms with E-state index in [0.717, 1.165) is 9.88 Å². The topological polar surface area (TPSA) is 65.2 Å². The van der Waals surface area contributed by atoms with Gasteiger partial charge in [0.15, 0.2) is 0 Å². The minimum atomic E-state index is -0.293. The minimum absolute atomic E-state index is 0.206. The molecular weight excluding hydrogens is 188 g/mol. The first-order valence-electron chi connectivity index (χ1n) is 3.88. The molecule has 0 aliphatic rings. The zero-order valence-electron chi connectivity index (χ0n) is 7.61. The summed E-state index contributed by atoms with van der Waals surface area (Å²) in [5.41, 5.74) is 5.75. The number of esters is 1. The maximum Gasteiger partial charge on any atom is 0.307 e. The van der Waals surface area contributed by atoms with Crippen LogP contribution in [0, 0.1) is 6.92 Å². The van der Waals surface area contributed by atoms with E-state index >= 15 is 0 Å². The Labute approximate surface area is 80.7 Å². The van der Waals surface area contributed by atoms with Gasteiger partial charge in [0.05, 0.1) is 24.6 Å². The molecule has 1 rings (SSSR count). The van der Waals surface area contributed by atoms with Crippen LogP contribution in [0.4, 0.5) is 0 Å². The Morgan fingerprint density at radius 3 is 3.00 bits per heavy atom. The van der Waals surface area contributed by atoms with Gasteiger partial charge in [0, 0.05) is 11.1 Å². The number of methoxy groups -OCH3 is 1. The number of carbonyl (C=O) groups is 1. The number of nitrogens with two attached hydrogens (primary N) is 1. The Morgan fingerprint density at radius 2 is 2.54 bits per heavy atom. The first kappa shape index (κ1) is 10.1. The van der Waals surface area contributed by atoms with Gasteiger partial charge in [-0.15, -0.1) is 11.3 Å². The van der Waals surface area contributed by atoms with Crippen molar-refractivity contribution in [2.24, 2.45) is 5.73 Å². The second-order valence-corrected chi connectivity index (χ2v) is 3.93. The third-order valence-electron chi connectivity index (χ3n) is 1.62. The smallest absolute Gasteiger partial charge is 0.307 e. The molecule has 1 aromatic rings. The van der Waals surface area contributed by atoms with Crippen molar-refractivity contribution in [3.8, 4) is 0 Å². The second kappa shape index (κ2) is 4.34. The number of hydrogen-bond acceptors (Lipinski definition) is 5. The molecule has 0 aromatic carbocycles. The van der Waals surface area contributed by atoms with E-state index in [4.69, 9.17) is 5.73 Å². The standard InChI is InChI=1S/C8H12N2O2S/c1-5-10-4-7(13-5)6(9)3-8(11)12-2/h4,6H,3,9H2,1-2H3. The van der Waals surface area contributed by atoms with Crippen LogP contribution in [0.15, 0.2) is 6.20 Å². The van der Waals surface area contributed by atoms with Gasteiger partial charge in [-0.1, -0.05) is 0 Å². The maximum absolute atomic E-state index is 10.9. The lowest BCUT2D eigenvalue weighted by Crippen LogP contribution is -2.15. The van der Waals surface area contributed by atoms with Crippen LogP contribution in [0.25, 0.3) is 0 Å². The Kier molecular flexibility index (Phi) is 3.39. The molecule has 0 spiro atoms. The van der Waals surface area contributed by atoms with Gasteiger partial charge in [-0.2, -0.15) is 0 Å². The molecule has 5 heteroatoms. The highest BCUT2D eigenvalue weighted by molar-refractivity contribution is 7.11. The Morgan fingerprint density at radius 1 is 1.85 bits per heavy atom. The van der Waals surface area contributed by atoms with E-state index in [-0.39, 0.29) is 18.4 Å². The molecule has 0 bridgehead atoms. The molecule has 0 fully saturated rings. The molecule has 0 aliphatic carbocycles. The number of hydrogen-bond donors (Lipinski definition) is 1. The number of ether oxygens (including phenoxy) is 1. The Hall–Kier alpha value is -0.940. The van der Waals surface area contributed by atoms with E-state index in [0.29, 0.717) is 0 Å². The third-order valence-corrected chi connectivity index (χ3v) is 2.66. The van der Waals surface area contributed by atoms with E-state index in [1.807, 2.05) is 6.92 Å². The summed E-state index contributed by atoms with van der Waals surface area (Å²) < 4.78 is 4.51. The lowest BCUT2D eigenvalue weighted by molar-refractivity contribution is -0.141. The van der Waals surface area contributed by atoms with Crippen molar-refractivity contribution in [3.63, 3.8) is 0 Å². The SMILES string of the molecule is COC(=O)CC(N)c1cnc(C)s1. The average molecular weight is 200 g/mol. The second-order valence-electron chi connectivity index (χ2n) is 2.67. The molecule has 1 aromatic heterocycles. The lowest BCUT2D eigenvalue weighted by atomic mass is 10.2. The van der Waals surface area contributed by atoms with Crippen LogP contribution in [-0.4, -0.2) is 18.1 Å². The number of aromatic nitrogens is 1. The van der Waals surface area contributed by atoms with Crippen molar-refractivity contribution in [3.05, 3.63) is 16.1 Å². The van der Waals surface area contributed by atoms with Crippen LogP contribution in [-0.2, 0) is 9.53 Å². The van der Waals surface area contributed by atoms with Crippen molar-refractivity contribution >= 4 is 17.3 Å². The van der Waals surface area contributed by atoms with E-state index < -0.39 is 0 Å². The Bertz CT molecular complexity index is 298. The average Bonchev–Trinajstić information content (AvgIpc) is 2.51. The van der Waals surface area contributed by atoms with Crippen LogP contribution in [0.2, 0.25) is 0 Å². The highest BCUT2D eigenvalue weighted by Gasteiger charge is 2.13. The number of aryl methyl sites for hydroxylation is 1. The van der Waals surface area contributed by atoms with Gasteiger partial charge in [0.1, 0.15) is 0 Å². The summed E-state index contributed by atoms with van der Waals surface area (Å²) in [5.74, 6) is -0.293. The van der Waals surface area contributed by atoms with Crippen LogP contribution in [0.1, 0.15) is 22.3 Å². The van der Waals surface area contributed by atoms with Gasteiger partial charge < -0.3 is 10.5 Å². The number of rotatable bonds is 3. The van der Waals surface area contributed by atoms with Crippen LogP contribution >= 0.6 is 11.3 Å². The van der Waals surface area contributed by atoms with E-state index in [9.17, 15) is 4.79 Å². The summed E-state index contributed by atoms with van der Waals surface area (Å²) in [7, 11) is 1.35. The maximum atomic E-state index is 10.9. The van der Waals surface area contributed by atoms with E-state index in [1.165, 1.54) is 18.4 Å². The fraction of sp³-hybridized carbons (Fsp3) is 0.500. The molecule has 0 amide bonds. The summed E-state index contributed by atoms with van der Waals surface area (Å²) in [4.78, 5) is 15.9. The third kappa shape index (κ3) is 2.78. The van der Waals surface area contributed by atoms with Crippen molar-refractivity contribution in [2.45, 2.75) is 19.4 Å². The normalized spacial score (nSPS) is 12.5. The molecule has 0 saturated carbocycles. The molecule has 4 nitrogen and oxygen atoms in total. The molecule has 0 radical (unpaired) electrons. The van der Waals surface area contributed by atoms with Crippen LogP contribution < -0.4 is 5.73 Å². The monoisotopic (exact) mass is 200 g/mol. The van der Waals surface area contributed by atoms with Crippen molar-refractivity contribution < 1.29 is 9.53 Å². The molecular formula is C8H12N2O2S. The number of carbonyl (C=O) groups excluding carboxylic acids is 1.